The molecule has 2 fully saturated rings. The molecule has 0 aromatic heterocycles. The molecule has 84 valence electrons. The van der Waals surface area contributed by atoms with Crippen LogP contribution in [0.3, 0.4) is 0 Å². The van der Waals surface area contributed by atoms with Crippen LogP contribution in [0.1, 0.15) is 33.1 Å². The molecular formula is C11H15Br2NO. The average molecular weight is 337 g/mol. The van der Waals surface area contributed by atoms with Gasteiger partial charge in [0.15, 0.2) is 0 Å². The lowest BCUT2D eigenvalue weighted by Crippen LogP contribution is -2.46. The third-order valence-corrected chi connectivity index (χ3v) is 8.27. The summed E-state index contributed by atoms with van der Waals surface area (Å²) in [7, 11) is 0. The third-order valence-electron chi connectivity index (χ3n) is 4.68. The highest BCUT2D eigenvalue weighted by molar-refractivity contribution is 9.12. The molecule has 2 aliphatic rings. The van der Waals surface area contributed by atoms with E-state index in [9.17, 15) is 5.11 Å². The van der Waals surface area contributed by atoms with Crippen LogP contribution in [-0.2, 0) is 0 Å². The molecule has 2 rings (SSSR count). The second-order valence-electron chi connectivity index (χ2n) is 5.40. The van der Waals surface area contributed by atoms with Crippen LogP contribution in [0, 0.1) is 22.2 Å². The third kappa shape index (κ3) is 1.13. The number of hydrogen-bond donors (Lipinski definition) is 1. The van der Waals surface area contributed by atoms with Gasteiger partial charge in [-0.3, -0.25) is 0 Å². The van der Waals surface area contributed by atoms with E-state index in [1.807, 2.05) is 0 Å². The fourth-order valence-corrected chi connectivity index (χ4v) is 6.14. The van der Waals surface area contributed by atoms with Crippen molar-refractivity contribution in [3.8, 4) is 6.07 Å². The van der Waals surface area contributed by atoms with Crippen molar-refractivity contribution < 1.29 is 5.11 Å². The lowest BCUT2D eigenvalue weighted by atomic mass is 9.62. The number of aliphatic hydroxyl groups excluding tert-OH is 1. The van der Waals surface area contributed by atoms with Crippen molar-refractivity contribution in [3.05, 3.63) is 0 Å². The molecule has 2 bridgehead atoms. The van der Waals surface area contributed by atoms with E-state index < -0.39 is 6.10 Å². The van der Waals surface area contributed by atoms with E-state index in [1.165, 1.54) is 0 Å². The summed E-state index contributed by atoms with van der Waals surface area (Å²) in [5, 5.41) is 19.4. The van der Waals surface area contributed by atoms with Crippen molar-refractivity contribution in [3.63, 3.8) is 0 Å². The van der Waals surface area contributed by atoms with Gasteiger partial charge in [-0.15, -0.1) is 0 Å². The molecule has 15 heavy (non-hydrogen) atoms. The van der Waals surface area contributed by atoms with Crippen LogP contribution in [0.5, 0.6) is 0 Å². The van der Waals surface area contributed by atoms with Crippen molar-refractivity contribution >= 4 is 31.9 Å². The first-order valence-electron chi connectivity index (χ1n) is 5.21. The van der Waals surface area contributed by atoms with Crippen LogP contribution in [-0.4, -0.2) is 20.4 Å². The largest absolute Gasteiger partial charge is 0.391 e. The Balaban J connectivity index is 2.52. The van der Waals surface area contributed by atoms with Gasteiger partial charge in [-0.05, 0) is 18.3 Å². The zero-order valence-corrected chi connectivity index (χ0v) is 12.1. The summed E-state index contributed by atoms with van der Waals surface area (Å²) in [6.07, 6.45) is 2.07. The Labute approximate surface area is 107 Å². The van der Waals surface area contributed by atoms with Gasteiger partial charge in [0, 0.05) is 16.7 Å². The van der Waals surface area contributed by atoms with E-state index in [0.717, 1.165) is 12.8 Å². The monoisotopic (exact) mass is 335 g/mol. The van der Waals surface area contributed by atoms with Crippen LogP contribution in [0.15, 0.2) is 0 Å². The Kier molecular flexibility index (Phi) is 2.54. The van der Waals surface area contributed by atoms with Crippen LogP contribution < -0.4 is 0 Å². The highest BCUT2D eigenvalue weighted by atomic mass is 79.9. The summed E-state index contributed by atoms with van der Waals surface area (Å²) in [6.45, 7) is 4.15. The number of alkyl halides is 2. The molecule has 0 aromatic rings. The number of nitriles is 1. The summed E-state index contributed by atoms with van der Waals surface area (Å²) in [6, 6.07) is 2.29. The smallest absolute Gasteiger partial charge is 0.0761 e. The summed E-state index contributed by atoms with van der Waals surface area (Å²) >= 11 is 7.40. The van der Waals surface area contributed by atoms with Gasteiger partial charge in [0.1, 0.15) is 0 Å². The van der Waals surface area contributed by atoms with E-state index in [0.29, 0.717) is 6.42 Å². The van der Waals surface area contributed by atoms with Gasteiger partial charge in [0.2, 0.25) is 0 Å². The molecule has 4 atom stereocenters. The second-order valence-corrected chi connectivity index (χ2v) is 7.80. The van der Waals surface area contributed by atoms with Crippen molar-refractivity contribution in [2.75, 3.05) is 0 Å². The number of nitrogens with zero attached hydrogens (tertiary/aromatic N) is 1. The number of hydrogen-bond acceptors (Lipinski definition) is 2. The Morgan fingerprint density at radius 2 is 2.07 bits per heavy atom. The lowest BCUT2D eigenvalue weighted by Gasteiger charge is -2.44. The minimum Gasteiger partial charge on any atom is -0.391 e. The van der Waals surface area contributed by atoms with E-state index in [4.69, 9.17) is 5.26 Å². The van der Waals surface area contributed by atoms with Crippen molar-refractivity contribution in [2.45, 2.75) is 48.4 Å². The Morgan fingerprint density at radius 3 is 2.47 bits per heavy atom. The van der Waals surface area contributed by atoms with E-state index in [1.54, 1.807) is 0 Å². The molecule has 0 unspecified atom stereocenters. The topological polar surface area (TPSA) is 44.0 Å². The molecule has 0 amide bonds. The van der Waals surface area contributed by atoms with Gasteiger partial charge in [0.25, 0.3) is 0 Å². The van der Waals surface area contributed by atoms with Gasteiger partial charge in [-0.1, -0.05) is 45.7 Å². The summed E-state index contributed by atoms with van der Waals surface area (Å²) in [5.41, 5.74) is -0.302. The zero-order valence-electron chi connectivity index (χ0n) is 8.93. The van der Waals surface area contributed by atoms with Gasteiger partial charge >= 0.3 is 0 Å². The first kappa shape index (κ1) is 11.9. The minimum atomic E-state index is -0.392. The zero-order chi connectivity index (χ0) is 11.5. The molecule has 0 spiro atoms. The Hall–Kier alpha value is 0.410. The first-order chi connectivity index (χ1) is 6.83. The molecule has 0 heterocycles. The number of aliphatic hydroxyl groups is 1. The summed E-state index contributed by atoms with van der Waals surface area (Å²) in [4.78, 5) is 0.183. The molecular weight excluding hydrogens is 322 g/mol. The van der Waals surface area contributed by atoms with Crippen LogP contribution in [0.25, 0.3) is 0 Å². The van der Waals surface area contributed by atoms with Crippen LogP contribution in [0.4, 0.5) is 0 Å². The molecule has 4 heteroatoms. The molecule has 0 saturated heterocycles. The Bertz CT molecular complexity index is 338. The average Bonchev–Trinajstić information content (AvgIpc) is 2.48. The first-order valence-corrected chi connectivity index (χ1v) is 6.92. The fourth-order valence-electron chi connectivity index (χ4n) is 3.47. The van der Waals surface area contributed by atoms with E-state index >= 15 is 0 Å². The van der Waals surface area contributed by atoms with Gasteiger partial charge in [0.05, 0.1) is 16.5 Å². The predicted octanol–water partition coefficient (Wildman–Crippen LogP) is 2.98. The molecule has 2 saturated carbocycles. The van der Waals surface area contributed by atoms with Crippen LogP contribution in [0.2, 0.25) is 0 Å². The van der Waals surface area contributed by atoms with E-state index in [-0.39, 0.29) is 20.0 Å². The molecule has 0 radical (unpaired) electrons. The van der Waals surface area contributed by atoms with Crippen molar-refractivity contribution in [1.82, 2.24) is 0 Å². The molecule has 2 aliphatic carbocycles. The maximum atomic E-state index is 10.4. The quantitative estimate of drug-likeness (QED) is 0.748. The van der Waals surface area contributed by atoms with Gasteiger partial charge in [-0.2, -0.15) is 5.26 Å². The molecule has 0 aromatic carbocycles. The number of rotatable bonds is 1. The molecule has 1 N–H and O–H groups in total. The maximum Gasteiger partial charge on any atom is 0.0761 e. The number of halogens is 2. The molecule has 2 nitrogen and oxygen atoms in total. The number of fused-ring (bicyclic) bond motifs is 2. The summed E-state index contributed by atoms with van der Waals surface area (Å²) in [5.74, 6) is 0. The highest BCUT2D eigenvalue weighted by Gasteiger charge is 2.73. The van der Waals surface area contributed by atoms with Crippen LogP contribution >= 0.6 is 31.9 Å². The second kappa shape index (κ2) is 3.21. The maximum absolute atomic E-state index is 10.4. The molecule has 0 aliphatic heterocycles. The highest BCUT2D eigenvalue weighted by Crippen LogP contribution is 2.72. The van der Waals surface area contributed by atoms with Crippen molar-refractivity contribution in [1.29, 1.82) is 5.26 Å². The standard InChI is InChI=1S/C11H15Br2NO/c1-9(2)8(15)11(13)4-3-10(9,5-6-14)7(11)12/h7-8,15H,3-5H2,1-2H3/t7-,8-,10-,11-/m1/s1. The van der Waals surface area contributed by atoms with Gasteiger partial charge < -0.3 is 5.11 Å². The minimum absolute atomic E-state index is 0.0926. The normalized spacial score (nSPS) is 51.7. The Morgan fingerprint density at radius 1 is 1.47 bits per heavy atom. The van der Waals surface area contributed by atoms with E-state index in [2.05, 4.69) is 51.8 Å². The summed E-state index contributed by atoms with van der Waals surface area (Å²) < 4.78 is -0.243. The predicted molar refractivity (Wildman–Crippen MR) is 66.1 cm³/mol. The van der Waals surface area contributed by atoms with Crippen molar-refractivity contribution in [2.24, 2.45) is 10.8 Å². The SMILES string of the molecule is CC1(C)[C@@H](O)[C@@]2(Br)CC[C@@]1(CC#N)[C@H]2Br. The fraction of sp³-hybridized carbons (Fsp3) is 0.909. The van der Waals surface area contributed by atoms with Gasteiger partial charge in [-0.25, -0.2) is 0 Å². The lowest BCUT2D eigenvalue weighted by molar-refractivity contribution is -0.0276.